The molecule has 1 saturated carbocycles. The molecule has 2 fully saturated rings. The van der Waals surface area contributed by atoms with E-state index in [2.05, 4.69) is 0 Å². The molecule has 0 aromatic heterocycles. The van der Waals surface area contributed by atoms with Crippen molar-refractivity contribution in [3.8, 4) is 0 Å². The number of carbonyl (C=O) groups excluding carboxylic acids is 1. The van der Waals surface area contributed by atoms with Crippen molar-refractivity contribution >= 4 is 5.91 Å². The lowest BCUT2D eigenvalue weighted by Gasteiger charge is -2.45. The number of likely N-dealkylation sites (tertiary alicyclic amines) is 1. The van der Waals surface area contributed by atoms with Crippen molar-refractivity contribution in [2.24, 2.45) is 11.7 Å². The molecule has 1 saturated heterocycles. The summed E-state index contributed by atoms with van der Waals surface area (Å²) in [5.41, 5.74) is 5.54. The minimum Gasteiger partial charge on any atom is -0.338 e. The Morgan fingerprint density at radius 2 is 2.33 bits per heavy atom. The smallest absolute Gasteiger partial charge is 0.239 e. The SMILES string of the molecule is CC(N)C(=O)N1CC2CCCC21. The van der Waals surface area contributed by atoms with Gasteiger partial charge in [-0.3, -0.25) is 4.79 Å². The van der Waals surface area contributed by atoms with Gasteiger partial charge in [-0.2, -0.15) is 0 Å². The minimum absolute atomic E-state index is 0.137. The maximum atomic E-state index is 11.5. The standard InChI is InChI=1S/C9H16N2O/c1-6(10)9(12)11-5-7-3-2-4-8(7)11/h6-8H,2-5,10H2,1H3. The van der Waals surface area contributed by atoms with Crippen molar-refractivity contribution < 1.29 is 4.79 Å². The Balaban J connectivity index is 1.95. The molecule has 0 radical (unpaired) electrons. The van der Waals surface area contributed by atoms with Crippen molar-refractivity contribution in [1.29, 1.82) is 0 Å². The van der Waals surface area contributed by atoms with E-state index in [0.717, 1.165) is 12.5 Å². The van der Waals surface area contributed by atoms with Crippen LogP contribution in [0.15, 0.2) is 0 Å². The lowest BCUT2D eigenvalue weighted by Crippen LogP contribution is -2.59. The van der Waals surface area contributed by atoms with Gasteiger partial charge >= 0.3 is 0 Å². The fourth-order valence-corrected chi connectivity index (χ4v) is 2.41. The second-order valence-electron chi connectivity index (χ2n) is 4.04. The van der Waals surface area contributed by atoms with Crippen LogP contribution in [0.1, 0.15) is 26.2 Å². The predicted molar refractivity (Wildman–Crippen MR) is 46.5 cm³/mol. The molecule has 1 heterocycles. The maximum Gasteiger partial charge on any atom is 0.239 e. The summed E-state index contributed by atoms with van der Waals surface area (Å²) in [4.78, 5) is 13.4. The summed E-state index contributed by atoms with van der Waals surface area (Å²) in [5, 5.41) is 0. The number of fused-ring (bicyclic) bond motifs is 1. The number of amides is 1. The number of hydrogen-bond donors (Lipinski definition) is 1. The molecule has 0 spiro atoms. The molecule has 2 aliphatic rings. The summed E-state index contributed by atoms with van der Waals surface area (Å²) < 4.78 is 0. The van der Waals surface area contributed by atoms with Gasteiger partial charge in [0, 0.05) is 12.6 Å². The van der Waals surface area contributed by atoms with Gasteiger partial charge in [0.15, 0.2) is 0 Å². The molecule has 1 aliphatic heterocycles. The van der Waals surface area contributed by atoms with Crippen LogP contribution in [0.2, 0.25) is 0 Å². The van der Waals surface area contributed by atoms with Gasteiger partial charge in [-0.1, -0.05) is 6.42 Å². The summed E-state index contributed by atoms with van der Waals surface area (Å²) in [7, 11) is 0. The maximum absolute atomic E-state index is 11.5. The van der Waals surface area contributed by atoms with E-state index >= 15 is 0 Å². The highest BCUT2D eigenvalue weighted by Crippen LogP contribution is 2.38. The number of rotatable bonds is 1. The Labute approximate surface area is 72.9 Å². The highest BCUT2D eigenvalue weighted by molar-refractivity contribution is 5.82. The summed E-state index contributed by atoms with van der Waals surface area (Å²) in [6.07, 6.45) is 3.80. The zero-order valence-electron chi connectivity index (χ0n) is 7.49. The van der Waals surface area contributed by atoms with Gasteiger partial charge < -0.3 is 10.6 Å². The van der Waals surface area contributed by atoms with Crippen LogP contribution in [-0.2, 0) is 4.79 Å². The fourth-order valence-electron chi connectivity index (χ4n) is 2.41. The minimum atomic E-state index is -0.313. The number of carbonyl (C=O) groups is 1. The summed E-state index contributed by atoms with van der Waals surface area (Å²) >= 11 is 0. The van der Waals surface area contributed by atoms with Gasteiger partial charge in [-0.15, -0.1) is 0 Å². The van der Waals surface area contributed by atoms with Crippen LogP contribution in [-0.4, -0.2) is 29.4 Å². The molecule has 3 unspecified atom stereocenters. The van der Waals surface area contributed by atoms with Crippen molar-refractivity contribution in [2.45, 2.75) is 38.3 Å². The molecule has 0 aromatic carbocycles. The third-order valence-electron chi connectivity index (χ3n) is 3.12. The van der Waals surface area contributed by atoms with Crippen molar-refractivity contribution in [3.63, 3.8) is 0 Å². The Bertz CT molecular complexity index is 203. The zero-order valence-corrected chi connectivity index (χ0v) is 7.49. The average Bonchev–Trinajstić information content (AvgIpc) is 2.32. The first-order valence-electron chi connectivity index (χ1n) is 4.76. The van der Waals surface area contributed by atoms with Gasteiger partial charge in [0.2, 0.25) is 5.91 Å². The van der Waals surface area contributed by atoms with Crippen molar-refractivity contribution in [2.75, 3.05) is 6.54 Å². The summed E-state index contributed by atoms with van der Waals surface area (Å²) in [6.45, 7) is 2.73. The highest BCUT2D eigenvalue weighted by atomic mass is 16.2. The number of hydrogen-bond acceptors (Lipinski definition) is 2. The molecule has 2 rings (SSSR count). The van der Waals surface area contributed by atoms with Gasteiger partial charge in [-0.05, 0) is 25.7 Å². The molecule has 1 aliphatic carbocycles. The third-order valence-corrected chi connectivity index (χ3v) is 3.12. The Hall–Kier alpha value is -0.570. The topological polar surface area (TPSA) is 46.3 Å². The lowest BCUT2D eigenvalue weighted by atomic mass is 9.91. The van der Waals surface area contributed by atoms with Gasteiger partial charge in [0.25, 0.3) is 0 Å². The third kappa shape index (κ3) is 1.04. The first-order valence-corrected chi connectivity index (χ1v) is 4.76. The predicted octanol–water partition coefficient (Wildman–Crippen LogP) is 0.344. The second-order valence-corrected chi connectivity index (χ2v) is 4.04. The molecule has 68 valence electrons. The molecule has 12 heavy (non-hydrogen) atoms. The van der Waals surface area contributed by atoms with Crippen molar-refractivity contribution in [1.82, 2.24) is 4.90 Å². The monoisotopic (exact) mass is 168 g/mol. The van der Waals surface area contributed by atoms with Crippen molar-refractivity contribution in [3.05, 3.63) is 0 Å². The van der Waals surface area contributed by atoms with E-state index in [1.165, 1.54) is 19.3 Å². The number of nitrogens with two attached hydrogens (primary N) is 1. The van der Waals surface area contributed by atoms with Crippen LogP contribution >= 0.6 is 0 Å². The van der Waals surface area contributed by atoms with Crippen LogP contribution in [0, 0.1) is 5.92 Å². The molecular weight excluding hydrogens is 152 g/mol. The van der Waals surface area contributed by atoms with Crippen LogP contribution in [0.4, 0.5) is 0 Å². The van der Waals surface area contributed by atoms with Crippen LogP contribution in [0.3, 0.4) is 0 Å². The van der Waals surface area contributed by atoms with E-state index in [1.54, 1.807) is 6.92 Å². The molecule has 1 amide bonds. The highest BCUT2D eigenvalue weighted by Gasteiger charge is 2.44. The van der Waals surface area contributed by atoms with E-state index in [0.29, 0.717) is 6.04 Å². The van der Waals surface area contributed by atoms with Crippen LogP contribution in [0.5, 0.6) is 0 Å². The van der Waals surface area contributed by atoms with E-state index in [9.17, 15) is 4.79 Å². The first-order chi connectivity index (χ1) is 5.70. The fraction of sp³-hybridized carbons (Fsp3) is 0.889. The van der Waals surface area contributed by atoms with E-state index in [4.69, 9.17) is 5.73 Å². The molecule has 0 bridgehead atoms. The normalized spacial score (nSPS) is 35.7. The molecule has 3 atom stereocenters. The Kier molecular flexibility index (Phi) is 1.83. The summed E-state index contributed by atoms with van der Waals surface area (Å²) in [6, 6.07) is 0.232. The zero-order chi connectivity index (χ0) is 8.72. The van der Waals surface area contributed by atoms with Gasteiger partial charge in [0.1, 0.15) is 0 Å². The van der Waals surface area contributed by atoms with Crippen LogP contribution < -0.4 is 5.73 Å². The average molecular weight is 168 g/mol. The van der Waals surface area contributed by atoms with E-state index < -0.39 is 0 Å². The van der Waals surface area contributed by atoms with Gasteiger partial charge in [0.05, 0.1) is 6.04 Å². The molecule has 3 heteroatoms. The largest absolute Gasteiger partial charge is 0.338 e. The van der Waals surface area contributed by atoms with Gasteiger partial charge in [-0.25, -0.2) is 0 Å². The lowest BCUT2D eigenvalue weighted by molar-refractivity contribution is -0.143. The quantitative estimate of drug-likeness (QED) is 0.614. The van der Waals surface area contributed by atoms with Crippen LogP contribution in [0.25, 0.3) is 0 Å². The first kappa shape index (κ1) is 8.05. The second kappa shape index (κ2) is 2.73. The summed E-state index contributed by atoms with van der Waals surface area (Å²) in [5.74, 6) is 0.936. The Morgan fingerprint density at radius 1 is 1.58 bits per heavy atom. The molecular formula is C9H16N2O. The molecule has 3 nitrogen and oxygen atoms in total. The van der Waals surface area contributed by atoms with E-state index in [-0.39, 0.29) is 11.9 Å². The Morgan fingerprint density at radius 3 is 2.92 bits per heavy atom. The van der Waals surface area contributed by atoms with E-state index in [1.807, 2.05) is 4.90 Å². The molecule has 2 N–H and O–H groups in total. The number of nitrogens with zero attached hydrogens (tertiary/aromatic N) is 1. The molecule has 0 aromatic rings.